The average molecular weight is 241 g/mol. The largest absolute Gasteiger partial charge is 0.381 e. The number of hydrogen-bond acceptors (Lipinski definition) is 5. The number of hydrogen-bond donors (Lipinski definition) is 2. The topological polar surface area (TPSA) is 77.2 Å². The Balaban J connectivity index is 1.91. The highest BCUT2D eigenvalue weighted by Crippen LogP contribution is 2.11. The van der Waals surface area contributed by atoms with E-state index in [0.29, 0.717) is 12.2 Å². The second-order valence-corrected chi connectivity index (χ2v) is 4.63. The van der Waals surface area contributed by atoms with Crippen molar-refractivity contribution in [2.24, 2.45) is 5.73 Å². The van der Waals surface area contributed by atoms with E-state index in [9.17, 15) is 4.79 Å². The van der Waals surface area contributed by atoms with Gasteiger partial charge in [-0.3, -0.25) is 4.79 Å². The van der Waals surface area contributed by atoms with E-state index in [1.165, 1.54) is 11.3 Å². The fourth-order valence-electron chi connectivity index (χ4n) is 1.61. The van der Waals surface area contributed by atoms with Gasteiger partial charge in [0.2, 0.25) is 0 Å². The first-order chi connectivity index (χ1) is 7.79. The van der Waals surface area contributed by atoms with Gasteiger partial charge in [-0.2, -0.15) is 0 Å². The monoisotopic (exact) mass is 241 g/mol. The molecule has 2 heterocycles. The number of nitrogens with one attached hydrogen (secondary N) is 1. The van der Waals surface area contributed by atoms with E-state index >= 15 is 0 Å². The van der Waals surface area contributed by atoms with Gasteiger partial charge in [-0.25, -0.2) is 4.98 Å². The van der Waals surface area contributed by atoms with Crippen molar-refractivity contribution in [3.05, 3.63) is 16.1 Å². The minimum atomic E-state index is -0.108. The van der Waals surface area contributed by atoms with Gasteiger partial charge in [-0.1, -0.05) is 0 Å². The molecule has 1 saturated heterocycles. The lowest BCUT2D eigenvalue weighted by atomic mass is 10.1. The smallest absolute Gasteiger partial charge is 0.270 e. The van der Waals surface area contributed by atoms with Gasteiger partial charge < -0.3 is 15.8 Å². The molecule has 0 saturated carbocycles. The number of ether oxygens (including phenoxy) is 1. The zero-order chi connectivity index (χ0) is 11.4. The van der Waals surface area contributed by atoms with Crippen LogP contribution in [0.3, 0.4) is 0 Å². The maximum atomic E-state index is 11.8. The van der Waals surface area contributed by atoms with Crippen molar-refractivity contribution >= 4 is 17.2 Å². The Bertz CT molecular complexity index is 361. The van der Waals surface area contributed by atoms with Crippen molar-refractivity contribution in [2.45, 2.75) is 25.4 Å². The predicted octanol–water partition coefficient (Wildman–Crippen LogP) is 0.511. The molecule has 1 aromatic heterocycles. The highest BCUT2D eigenvalue weighted by atomic mass is 32.1. The quantitative estimate of drug-likeness (QED) is 0.808. The Labute approximate surface area is 98.0 Å². The first kappa shape index (κ1) is 11.5. The van der Waals surface area contributed by atoms with Crippen LogP contribution in [0, 0.1) is 0 Å². The second-order valence-electron chi connectivity index (χ2n) is 3.69. The maximum Gasteiger partial charge on any atom is 0.270 e. The summed E-state index contributed by atoms with van der Waals surface area (Å²) >= 11 is 1.42. The molecule has 0 unspecified atom stereocenters. The van der Waals surface area contributed by atoms with Crippen LogP contribution in [-0.2, 0) is 11.3 Å². The molecule has 1 aliphatic rings. The van der Waals surface area contributed by atoms with E-state index in [-0.39, 0.29) is 11.9 Å². The Hall–Kier alpha value is -0.980. The summed E-state index contributed by atoms with van der Waals surface area (Å²) in [6, 6.07) is 0.212. The Morgan fingerprint density at radius 3 is 3.00 bits per heavy atom. The summed E-state index contributed by atoms with van der Waals surface area (Å²) in [5.41, 5.74) is 5.92. The summed E-state index contributed by atoms with van der Waals surface area (Å²) in [5, 5.41) is 5.49. The van der Waals surface area contributed by atoms with Crippen LogP contribution in [0.15, 0.2) is 5.38 Å². The number of aromatic nitrogens is 1. The van der Waals surface area contributed by atoms with Crippen molar-refractivity contribution in [2.75, 3.05) is 13.2 Å². The molecule has 2 rings (SSSR count). The normalized spacial score (nSPS) is 17.3. The molecule has 1 aliphatic heterocycles. The molecule has 1 aromatic rings. The lowest BCUT2D eigenvalue weighted by Gasteiger charge is -2.22. The molecule has 1 fully saturated rings. The van der Waals surface area contributed by atoms with Gasteiger partial charge in [-0.05, 0) is 12.8 Å². The number of rotatable bonds is 3. The Morgan fingerprint density at radius 2 is 2.38 bits per heavy atom. The third-order valence-electron chi connectivity index (χ3n) is 2.52. The maximum absolute atomic E-state index is 11.8. The number of nitrogens with zero attached hydrogens (tertiary/aromatic N) is 1. The molecule has 16 heavy (non-hydrogen) atoms. The lowest BCUT2D eigenvalue weighted by molar-refractivity contribution is 0.0694. The number of thiazole rings is 1. The summed E-state index contributed by atoms with van der Waals surface area (Å²) < 4.78 is 5.23. The molecule has 88 valence electrons. The molecule has 0 bridgehead atoms. The van der Waals surface area contributed by atoms with Gasteiger partial charge in [0.25, 0.3) is 5.91 Å². The minimum absolute atomic E-state index is 0.108. The van der Waals surface area contributed by atoms with Gasteiger partial charge in [0.15, 0.2) is 0 Å². The Kier molecular flexibility index (Phi) is 3.87. The van der Waals surface area contributed by atoms with Gasteiger partial charge in [0, 0.05) is 31.2 Å². The van der Waals surface area contributed by atoms with Gasteiger partial charge in [-0.15, -0.1) is 11.3 Å². The lowest BCUT2D eigenvalue weighted by Crippen LogP contribution is -2.39. The molecule has 3 N–H and O–H groups in total. The fourth-order valence-corrected chi connectivity index (χ4v) is 2.26. The fraction of sp³-hybridized carbons (Fsp3) is 0.600. The molecule has 0 aliphatic carbocycles. The van der Waals surface area contributed by atoms with E-state index in [1.54, 1.807) is 5.38 Å². The number of amides is 1. The molecule has 5 nitrogen and oxygen atoms in total. The first-order valence-corrected chi connectivity index (χ1v) is 6.20. The van der Waals surface area contributed by atoms with Crippen LogP contribution in [0.1, 0.15) is 28.3 Å². The summed E-state index contributed by atoms with van der Waals surface area (Å²) in [6.45, 7) is 1.82. The average Bonchev–Trinajstić information content (AvgIpc) is 2.79. The van der Waals surface area contributed by atoms with Crippen LogP contribution >= 0.6 is 11.3 Å². The Morgan fingerprint density at radius 1 is 1.62 bits per heavy atom. The van der Waals surface area contributed by atoms with Crippen LogP contribution in [0.5, 0.6) is 0 Å². The van der Waals surface area contributed by atoms with Crippen molar-refractivity contribution in [3.8, 4) is 0 Å². The van der Waals surface area contributed by atoms with Gasteiger partial charge >= 0.3 is 0 Å². The van der Waals surface area contributed by atoms with E-state index in [0.717, 1.165) is 31.1 Å². The highest BCUT2D eigenvalue weighted by molar-refractivity contribution is 7.09. The van der Waals surface area contributed by atoms with Gasteiger partial charge in [0.05, 0.1) is 0 Å². The van der Waals surface area contributed by atoms with Crippen LogP contribution < -0.4 is 11.1 Å². The zero-order valence-electron chi connectivity index (χ0n) is 8.94. The summed E-state index contributed by atoms with van der Waals surface area (Å²) in [4.78, 5) is 15.9. The van der Waals surface area contributed by atoms with Crippen LogP contribution in [-0.4, -0.2) is 30.1 Å². The van der Waals surface area contributed by atoms with E-state index in [2.05, 4.69) is 10.3 Å². The van der Waals surface area contributed by atoms with Crippen molar-refractivity contribution in [1.29, 1.82) is 0 Å². The minimum Gasteiger partial charge on any atom is -0.381 e. The summed E-state index contributed by atoms with van der Waals surface area (Å²) in [6.07, 6.45) is 1.75. The molecule has 6 heteroatoms. The van der Waals surface area contributed by atoms with Crippen molar-refractivity contribution in [1.82, 2.24) is 10.3 Å². The van der Waals surface area contributed by atoms with Crippen molar-refractivity contribution < 1.29 is 9.53 Å². The van der Waals surface area contributed by atoms with Crippen LogP contribution in [0.25, 0.3) is 0 Å². The molecule has 0 aromatic carbocycles. The molecular weight excluding hydrogens is 226 g/mol. The van der Waals surface area contributed by atoms with Gasteiger partial charge in [0.1, 0.15) is 10.7 Å². The van der Waals surface area contributed by atoms with Crippen LogP contribution in [0.4, 0.5) is 0 Å². The number of carbonyl (C=O) groups is 1. The summed E-state index contributed by atoms with van der Waals surface area (Å²) in [5.74, 6) is -0.108. The summed E-state index contributed by atoms with van der Waals surface area (Å²) in [7, 11) is 0. The standard InChI is InChI=1S/C10H15N3O2S/c11-5-9-13-8(6-16-9)10(14)12-7-1-3-15-4-2-7/h6-7H,1-5,11H2,(H,12,14). The predicted molar refractivity (Wildman–Crippen MR) is 61.3 cm³/mol. The number of nitrogens with two attached hydrogens (primary N) is 1. The third-order valence-corrected chi connectivity index (χ3v) is 3.39. The number of carbonyl (C=O) groups excluding carboxylic acids is 1. The second kappa shape index (κ2) is 5.38. The first-order valence-electron chi connectivity index (χ1n) is 5.32. The zero-order valence-corrected chi connectivity index (χ0v) is 9.76. The van der Waals surface area contributed by atoms with Crippen molar-refractivity contribution in [3.63, 3.8) is 0 Å². The van der Waals surface area contributed by atoms with Crippen LogP contribution in [0.2, 0.25) is 0 Å². The molecule has 1 amide bonds. The SMILES string of the molecule is NCc1nc(C(=O)NC2CCOCC2)cs1. The van der Waals surface area contributed by atoms with E-state index in [4.69, 9.17) is 10.5 Å². The molecular formula is C10H15N3O2S. The molecule has 0 atom stereocenters. The molecule has 0 radical (unpaired) electrons. The molecule has 0 spiro atoms. The van der Waals surface area contributed by atoms with E-state index < -0.39 is 0 Å². The third kappa shape index (κ3) is 2.78. The van der Waals surface area contributed by atoms with E-state index in [1.807, 2.05) is 0 Å². The highest BCUT2D eigenvalue weighted by Gasteiger charge is 2.18.